The van der Waals surface area contributed by atoms with Crippen LogP contribution >= 0.6 is 0 Å². The molecule has 1 aliphatic rings. The molecule has 1 aromatic rings. The molecule has 0 saturated heterocycles. The minimum absolute atomic E-state index is 0.0160. The second-order valence-corrected chi connectivity index (χ2v) is 5.99. The van der Waals surface area contributed by atoms with Gasteiger partial charge >= 0.3 is 0 Å². The van der Waals surface area contributed by atoms with Gasteiger partial charge in [-0.2, -0.15) is 10.4 Å². The number of nitriles is 1. The summed E-state index contributed by atoms with van der Waals surface area (Å²) in [6.07, 6.45) is 4.21. The predicted molar refractivity (Wildman–Crippen MR) is 72.7 cm³/mol. The number of hydrogen-bond acceptors (Lipinski definition) is 4. The summed E-state index contributed by atoms with van der Waals surface area (Å²) < 4.78 is 7.82. The third kappa shape index (κ3) is 3.36. The van der Waals surface area contributed by atoms with E-state index in [0.29, 0.717) is 0 Å². The second-order valence-electron chi connectivity index (χ2n) is 5.99. The topological polar surface area (TPSA) is 79.9 Å². The lowest BCUT2D eigenvalue weighted by molar-refractivity contribution is -0.142. The summed E-state index contributed by atoms with van der Waals surface area (Å²) >= 11 is 0. The first-order valence-corrected chi connectivity index (χ1v) is 6.74. The molecule has 108 valence electrons. The number of aromatic nitrogens is 2. The fourth-order valence-corrected chi connectivity index (χ4v) is 2.45. The number of amides is 1. The van der Waals surface area contributed by atoms with Crippen molar-refractivity contribution in [2.45, 2.75) is 57.4 Å². The maximum atomic E-state index is 11.5. The van der Waals surface area contributed by atoms with E-state index in [2.05, 4.69) is 10.4 Å². The lowest BCUT2D eigenvalue weighted by Gasteiger charge is -2.46. The van der Waals surface area contributed by atoms with Crippen LogP contribution in [0.4, 0.5) is 0 Å². The van der Waals surface area contributed by atoms with Crippen LogP contribution in [0, 0.1) is 11.3 Å². The fraction of sp³-hybridized carbons (Fsp3) is 0.643. The van der Waals surface area contributed by atoms with Gasteiger partial charge < -0.3 is 10.1 Å². The third-order valence-corrected chi connectivity index (χ3v) is 3.20. The molecular weight excluding hydrogens is 256 g/mol. The van der Waals surface area contributed by atoms with Crippen molar-refractivity contribution in [1.29, 1.82) is 5.26 Å². The Hall–Kier alpha value is -1.87. The molecule has 1 aliphatic carbocycles. The third-order valence-electron chi connectivity index (χ3n) is 3.20. The van der Waals surface area contributed by atoms with Crippen LogP contribution in [0.3, 0.4) is 0 Å². The van der Waals surface area contributed by atoms with Crippen LogP contribution in [0.5, 0.6) is 0 Å². The fourth-order valence-electron chi connectivity index (χ4n) is 2.45. The van der Waals surface area contributed by atoms with E-state index in [1.165, 1.54) is 0 Å². The molecule has 3 atom stereocenters. The van der Waals surface area contributed by atoms with Crippen molar-refractivity contribution in [2.24, 2.45) is 0 Å². The van der Waals surface area contributed by atoms with Crippen molar-refractivity contribution in [3.05, 3.63) is 18.5 Å². The maximum absolute atomic E-state index is 11.5. The molecule has 6 nitrogen and oxygen atoms in total. The van der Waals surface area contributed by atoms with Crippen LogP contribution in [0.1, 0.15) is 39.7 Å². The van der Waals surface area contributed by atoms with E-state index < -0.39 is 0 Å². The highest BCUT2D eigenvalue weighted by molar-refractivity contribution is 5.78. The zero-order valence-corrected chi connectivity index (χ0v) is 12.0. The van der Waals surface area contributed by atoms with Crippen molar-refractivity contribution in [3.63, 3.8) is 0 Å². The standard InChI is InChI=1S/C14H20N4O2/c1-14(2,3)20-11-9-10(17-12(19)5-6-15)13(11)18-8-4-7-16-18/h4,7-8,10-11,13H,5,9H2,1-3H3,(H,17,19)/t10-,11-,13+/m1/s1. The monoisotopic (exact) mass is 276 g/mol. The molecule has 0 aromatic carbocycles. The van der Waals surface area contributed by atoms with Crippen molar-refractivity contribution in [1.82, 2.24) is 15.1 Å². The molecule has 0 unspecified atom stereocenters. The maximum Gasteiger partial charge on any atom is 0.234 e. The largest absolute Gasteiger partial charge is 0.370 e. The van der Waals surface area contributed by atoms with E-state index in [0.717, 1.165) is 6.42 Å². The van der Waals surface area contributed by atoms with Gasteiger partial charge in [0.15, 0.2) is 0 Å². The second kappa shape index (κ2) is 5.63. The van der Waals surface area contributed by atoms with Crippen molar-refractivity contribution >= 4 is 5.91 Å². The predicted octanol–water partition coefficient (Wildman–Crippen LogP) is 1.41. The number of ether oxygens (including phenoxy) is 1. The lowest BCUT2D eigenvalue weighted by atomic mass is 9.82. The Morgan fingerprint density at radius 1 is 1.60 bits per heavy atom. The van der Waals surface area contributed by atoms with Crippen molar-refractivity contribution < 1.29 is 9.53 Å². The molecule has 0 bridgehead atoms. The normalized spacial score (nSPS) is 25.6. The Labute approximate surface area is 118 Å². The lowest BCUT2D eigenvalue weighted by Crippen LogP contribution is -2.58. The molecule has 20 heavy (non-hydrogen) atoms. The van der Waals surface area contributed by atoms with Gasteiger partial charge in [0.2, 0.25) is 5.91 Å². The van der Waals surface area contributed by atoms with Crippen molar-refractivity contribution in [3.8, 4) is 6.07 Å². The zero-order chi connectivity index (χ0) is 14.8. The summed E-state index contributed by atoms with van der Waals surface area (Å²) in [4.78, 5) is 11.5. The number of hydrogen-bond donors (Lipinski definition) is 1. The van der Waals surface area contributed by atoms with E-state index >= 15 is 0 Å². The summed E-state index contributed by atoms with van der Waals surface area (Å²) in [5, 5.41) is 15.7. The van der Waals surface area contributed by atoms with E-state index in [1.807, 2.05) is 43.8 Å². The molecular formula is C14H20N4O2. The van der Waals surface area contributed by atoms with Crippen LogP contribution in [-0.2, 0) is 9.53 Å². The highest BCUT2D eigenvalue weighted by Gasteiger charge is 2.46. The molecule has 0 aliphatic heterocycles. The summed E-state index contributed by atoms with van der Waals surface area (Å²) in [6.45, 7) is 6.03. The van der Waals surface area contributed by atoms with E-state index in [9.17, 15) is 4.79 Å². The number of nitrogens with one attached hydrogen (secondary N) is 1. The Balaban J connectivity index is 2.05. The molecule has 1 fully saturated rings. The van der Waals surface area contributed by atoms with Crippen LogP contribution in [0.25, 0.3) is 0 Å². The van der Waals surface area contributed by atoms with Crippen LogP contribution in [0.2, 0.25) is 0 Å². The average molecular weight is 276 g/mol. The summed E-state index contributed by atoms with van der Waals surface area (Å²) in [6, 6.07) is 3.64. The molecule has 1 saturated carbocycles. The molecule has 2 rings (SSSR count). The Morgan fingerprint density at radius 2 is 2.35 bits per heavy atom. The van der Waals surface area contributed by atoms with Gasteiger partial charge in [-0.3, -0.25) is 9.48 Å². The van der Waals surface area contributed by atoms with Gasteiger partial charge in [0, 0.05) is 12.4 Å². The Bertz CT molecular complexity index is 498. The molecule has 6 heteroatoms. The molecule has 1 amide bonds. The van der Waals surface area contributed by atoms with E-state index in [-0.39, 0.29) is 36.1 Å². The van der Waals surface area contributed by atoms with Gasteiger partial charge in [-0.05, 0) is 33.3 Å². The SMILES string of the molecule is CC(C)(C)O[C@@H]1C[C@@H](NC(=O)CC#N)[C@@H]1n1cccn1. The Kier molecular flexibility index (Phi) is 4.09. The highest BCUT2D eigenvalue weighted by atomic mass is 16.5. The molecule has 1 N–H and O–H groups in total. The smallest absolute Gasteiger partial charge is 0.234 e. The molecule has 1 heterocycles. The van der Waals surface area contributed by atoms with E-state index in [1.54, 1.807) is 6.20 Å². The number of carbonyl (C=O) groups excluding carboxylic acids is 1. The molecule has 0 radical (unpaired) electrons. The Morgan fingerprint density at radius 3 is 2.90 bits per heavy atom. The first-order chi connectivity index (χ1) is 9.40. The summed E-state index contributed by atoms with van der Waals surface area (Å²) in [5.74, 6) is -0.246. The number of nitrogens with zero attached hydrogens (tertiary/aromatic N) is 3. The number of carbonyl (C=O) groups is 1. The first kappa shape index (κ1) is 14.5. The van der Waals surface area contributed by atoms with Crippen LogP contribution in [0.15, 0.2) is 18.5 Å². The van der Waals surface area contributed by atoms with Gasteiger partial charge in [0.05, 0.1) is 29.9 Å². The van der Waals surface area contributed by atoms with Gasteiger partial charge in [-0.1, -0.05) is 0 Å². The van der Waals surface area contributed by atoms with E-state index in [4.69, 9.17) is 10.00 Å². The minimum Gasteiger partial charge on any atom is -0.370 e. The van der Waals surface area contributed by atoms with Crippen LogP contribution < -0.4 is 5.32 Å². The van der Waals surface area contributed by atoms with Gasteiger partial charge in [-0.15, -0.1) is 0 Å². The minimum atomic E-state index is -0.246. The average Bonchev–Trinajstić information content (AvgIpc) is 2.79. The quantitative estimate of drug-likeness (QED) is 0.901. The molecule has 1 aromatic heterocycles. The van der Waals surface area contributed by atoms with Gasteiger partial charge in [0.25, 0.3) is 0 Å². The van der Waals surface area contributed by atoms with Crippen LogP contribution in [-0.4, -0.2) is 33.4 Å². The first-order valence-electron chi connectivity index (χ1n) is 6.74. The highest BCUT2D eigenvalue weighted by Crippen LogP contribution is 2.37. The number of rotatable bonds is 4. The zero-order valence-electron chi connectivity index (χ0n) is 12.0. The molecule has 0 spiro atoms. The van der Waals surface area contributed by atoms with Gasteiger partial charge in [-0.25, -0.2) is 0 Å². The summed E-state index contributed by atoms with van der Waals surface area (Å²) in [5.41, 5.74) is -0.238. The van der Waals surface area contributed by atoms with Crippen molar-refractivity contribution in [2.75, 3.05) is 0 Å². The summed E-state index contributed by atoms with van der Waals surface area (Å²) in [7, 11) is 0. The van der Waals surface area contributed by atoms with Gasteiger partial charge in [0.1, 0.15) is 6.42 Å².